The Morgan fingerprint density at radius 3 is 0.782 bits per heavy atom. The van der Waals surface area contributed by atoms with Gasteiger partial charge in [0, 0.05) is 19.3 Å². The van der Waals surface area contributed by atoms with Crippen molar-refractivity contribution in [3.05, 3.63) is 72.9 Å². The number of allylic oxidation sites excluding steroid dienone is 12. The van der Waals surface area contributed by atoms with E-state index in [9.17, 15) is 14.4 Å². The molecular formula is C72H128O6. The fourth-order valence-corrected chi connectivity index (χ4v) is 9.92. The molecule has 0 aromatic carbocycles. The second-order valence-electron chi connectivity index (χ2n) is 22.7. The highest BCUT2D eigenvalue weighted by atomic mass is 16.6. The zero-order chi connectivity index (χ0) is 56.4. The molecule has 6 heteroatoms. The standard InChI is InChI=1S/C72H128O6/c1-4-7-10-13-16-18-20-22-24-26-28-30-32-34-35-36-38-39-41-43-45-47-49-51-53-56-59-62-65-71(74)77-68-69(67-76-70(73)64-61-58-55-15-12-9-6-3)78-72(75)66-63-60-57-54-52-50-48-46-44-42-40-37-33-31-29-27-25-23-21-19-17-14-11-8-5-2/h8,11,17,19,23,25,29,31,37,40,44,46,69H,4-7,9-10,12-16,18,20-22,24,26-28,30,32-36,38-39,41-43,45,47-68H2,1-3H3/b11-8-,19-17-,25-23-,31-29-,40-37-,46-44-. The van der Waals surface area contributed by atoms with Crippen LogP contribution in [0.4, 0.5) is 0 Å². The SMILES string of the molecule is CC/C=C\C/C=C\C/C=C\C/C=C\C/C=C\C/C=C\CCCCCCCCC(=O)OC(COC(=O)CCCCCCCCC)COC(=O)CCCCCCCCCCCCCCCCCCCCCCCCCCCCCC. The maximum atomic E-state index is 12.9. The summed E-state index contributed by atoms with van der Waals surface area (Å²) in [4.78, 5) is 38.1. The molecule has 0 fully saturated rings. The molecule has 0 amide bonds. The monoisotopic (exact) mass is 1090 g/mol. The van der Waals surface area contributed by atoms with Gasteiger partial charge in [0.05, 0.1) is 0 Å². The van der Waals surface area contributed by atoms with Crippen LogP contribution in [0.3, 0.4) is 0 Å². The molecule has 78 heavy (non-hydrogen) atoms. The minimum absolute atomic E-state index is 0.0778. The lowest BCUT2D eigenvalue weighted by molar-refractivity contribution is -0.167. The van der Waals surface area contributed by atoms with E-state index >= 15 is 0 Å². The van der Waals surface area contributed by atoms with Crippen molar-refractivity contribution < 1.29 is 28.6 Å². The maximum Gasteiger partial charge on any atom is 0.306 e. The number of carbonyl (C=O) groups is 3. The van der Waals surface area contributed by atoms with Gasteiger partial charge in [-0.25, -0.2) is 0 Å². The molecule has 0 bridgehead atoms. The molecule has 0 aromatic rings. The molecule has 6 nitrogen and oxygen atoms in total. The van der Waals surface area contributed by atoms with Crippen molar-refractivity contribution in [2.24, 2.45) is 0 Å². The van der Waals surface area contributed by atoms with Crippen molar-refractivity contribution in [2.75, 3.05) is 13.2 Å². The minimum atomic E-state index is -0.780. The highest BCUT2D eigenvalue weighted by molar-refractivity contribution is 5.71. The molecule has 0 aromatic heterocycles. The smallest absolute Gasteiger partial charge is 0.306 e. The van der Waals surface area contributed by atoms with Crippen LogP contribution in [0.5, 0.6) is 0 Å². The molecule has 0 radical (unpaired) electrons. The van der Waals surface area contributed by atoms with Crippen LogP contribution in [0.15, 0.2) is 72.9 Å². The first-order chi connectivity index (χ1) is 38.5. The van der Waals surface area contributed by atoms with Gasteiger partial charge in [-0.2, -0.15) is 0 Å². The fourth-order valence-electron chi connectivity index (χ4n) is 9.92. The topological polar surface area (TPSA) is 78.9 Å². The zero-order valence-electron chi connectivity index (χ0n) is 51.9. The summed E-state index contributed by atoms with van der Waals surface area (Å²) in [5.74, 6) is -0.883. The molecule has 0 aliphatic heterocycles. The zero-order valence-corrected chi connectivity index (χ0v) is 51.9. The van der Waals surface area contributed by atoms with E-state index in [0.29, 0.717) is 19.3 Å². The average molecular weight is 1090 g/mol. The molecule has 0 saturated heterocycles. The lowest BCUT2D eigenvalue weighted by atomic mass is 10.0. The van der Waals surface area contributed by atoms with Crippen LogP contribution in [-0.4, -0.2) is 37.2 Å². The highest BCUT2D eigenvalue weighted by Crippen LogP contribution is 2.18. The maximum absolute atomic E-state index is 12.9. The van der Waals surface area contributed by atoms with Gasteiger partial charge in [0.1, 0.15) is 13.2 Å². The highest BCUT2D eigenvalue weighted by Gasteiger charge is 2.19. The van der Waals surface area contributed by atoms with Crippen LogP contribution in [0.2, 0.25) is 0 Å². The quantitative estimate of drug-likeness (QED) is 0.0261. The number of rotatable bonds is 62. The molecule has 1 unspecified atom stereocenters. The van der Waals surface area contributed by atoms with Gasteiger partial charge in [-0.1, -0.05) is 331 Å². The second-order valence-corrected chi connectivity index (χ2v) is 22.7. The molecular weight excluding hydrogens is 961 g/mol. The fraction of sp³-hybridized carbons (Fsp3) is 0.792. The van der Waals surface area contributed by atoms with E-state index in [1.54, 1.807) is 0 Å². The number of esters is 3. The first kappa shape index (κ1) is 74.8. The summed E-state index contributed by atoms with van der Waals surface area (Å²) in [6.07, 6.45) is 86.7. The van der Waals surface area contributed by atoms with E-state index in [0.717, 1.165) is 109 Å². The normalized spacial score (nSPS) is 12.5. The third-order valence-electron chi connectivity index (χ3n) is 15.0. The van der Waals surface area contributed by atoms with Crippen LogP contribution in [0, 0.1) is 0 Å². The van der Waals surface area contributed by atoms with Crippen molar-refractivity contribution >= 4 is 17.9 Å². The first-order valence-electron chi connectivity index (χ1n) is 33.9. The summed E-state index contributed by atoms with van der Waals surface area (Å²) in [6, 6.07) is 0. The summed E-state index contributed by atoms with van der Waals surface area (Å²) >= 11 is 0. The number of ether oxygens (including phenoxy) is 3. The Balaban J connectivity index is 4.10. The molecule has 1 atom stereocenters. The van der Waals surface area contributed by atoms with Crippen molar-refractivity contribution in [1.29, 1.82) is 0 Å². The predicted octanol–water partition coefficient (Wildman–Crippen LogP) is 23.3. The van der Waals surface area contributed by atoms with Crippen LogP contribution >= 0.6 is 0 Å². The van der Waals surface area contributed by atoms with Crippen molar-refractivity contribution in [2.45, 2.75) is 354 Å². The van der Waals surface area contributed by atoms with Gasteiger partial charge in [-0.15, -0.1) is 0 Å². The molecule has 0 rings (SSSR count). The van der Waals surface area contributed by atoms with E-state index in [2.05, 4.69) is 93.7 Å². The second kappa shape index (κ2) is 66.4. The first-order valence-corrected chi connectivity index (χ1v) is 33.9. The molecule has 0 saturated carbocycles. The number of hydrogen-bond donors (Lipinski definition) is 0. The average Bonchev–Trinajstić information content (AvgIpc) is 3.44. The minimum Gasteiger partial charge on any atom is -0.462 e. The van der Waals surface area contributed by atoms with Crippen LogP contribution in [0.1, 0.15) is 348 Å². The van der Waals surface area contributed by atoms with Gasteiger partial charge in [0.25, 0.3) is 0 Å². The third-order valence-corrected chi connectivity index (χ3v) is 15.0. The van der Waals surface area contributed by atoms with Crippen LogP contribution in [-0.2, 0) is 28.6 Å². The number of carbonyl (C=O) groups excluding carboxylic acids is 3. The van der Waals surface area contributed by atoms with Crippen LogP contribution in [0.25, 0.3) is 0 Å². The van der Waals surface area contributed by atoms with Gasteiger partial charge >= 0.3 is 17.9 Å². The van der Waals surface area contributed by atoms with E-state index in [-0.39, 0.29) is 31.1 Å². The van der Waals surface area contributed by atoms with Crippen molar-refractivity contribution in [3.63, 3.8) is 0 Å². The van der Waals surface area contributed by atoms with E-state index in [4.69, 9.17) is 14.2 Å². The molecule has 452 valence electrons. The lowest BCUT2D eigenvalue weighted by Gasteiger charge is -2.18. The van der Waals surface area contributed by atoms with Crippen molar-refractivity contribution in [3.8, 4) is 0 Å². The molecule has 0 heterocycles. The van der Waals surface area contributed by atoms with Gasteiger partial charge < -0.3 is 14.2 Å². The Hall–Kier alpha value is -3.15. The lowest BCUT2D eigenvalue weighted by Crippen LogP contribution is -2.30. The Bertz CT molecular complexity index is 1440. The summed E-state index contributed by atoms with van der Waals surface area (Å²) in [5, 5.41) is 0. The Labute approximate surface area is 484 Å². The summed E-state index contributed by atoms with van der Waals surface area (Å²) in [7, 11) is 0. The predicted molar refractivity (Wildman–Crippen MR) is 339 cm³/mol. The molecule has 0 aliphatic rings. The largest absolute Gasteiger partial charge is 0.462 e. The number of unbranched alkanes of at least 4 members (excludes halogenated alkanes) is 39. The Morgan fingerprint density at radius 1 is 0.269 bits per heavy atom. The molecule has 0 N–H and O–H groups in total. The van der Waals surface area contributed by atoms with Crippen molar-refractivity contribution in [1.82, 2.24) is 0 Å². The van der Waals surface area contributed by atoms with Gasteiger partial charge in [-0.05, 0) is 70.6 Å². The van der Waals surface area contributed by atoms with Gasteiger partial charge in [-0.3, -0.25) is 14.4 Å². The summed E-state index contributed by atoms with van der Waals surface area (Å²) in [5.41, 5.74) is 0. The molecule has 0 aliphatic carbocycles. The summed E-state index contributed by atoms with van der Waals surface area (Å²) in [6.45, 7) is 6.52. The molecule has 0 spiro atoms. The van der Waals surface area contributed by atoms with E-state index < -0.39 is 6.10 Å². The Morgan fingerprint density at radius 2 is 0.500 bits per heavy atom. The Kier molecular flexibility index (Phi) is 63.7. The van der Waals surface area contributed by atoms with Gasteiger partial charge in [0.2, 0.25) is 0 Å². The van der Waals surface area contributed by atoms with E-state index in [1.165, 1.54) is 199 Å². The van der Waals surface area contributed by atoms with E-state index in [1.807, 2.05) is 0 Å². The number of hydrogen-bond acceptors (Lipinski definition) is 6. The van der Waals surface area contributed by atoms with Crippen LogP contribution < -0.4 is 0 Å². The summed E-state index contributed by atoms with van der Waals surface area (Å²) < 4.78 is 16.9. The van der Waals surface area contributed by atoms with Gasteiger partial charge in [0.15, 0.2) is 6.10 Å². The third kappa shape index (κ3) is 63.7.